The molecule has 0 aliphatic heterocycles. The van der Waals surface area contributed by atoms with Gasteiger partial charge in [-0.2, -0.15) is 6.07 Å². The monoisotopic (exact) mass is 477 g/mol. The van der Waals surface area contributed by atoms with Gasteiger partial charge in [-0.15, -0.1) is 34.5 Å². The summed E-state index contributed by atoms with van der Waals surface area (Å²) < 4.78 is 0. The van der Waals surface area contributed by atoms with Gasteiger partial charge in [0.25, 0.3) is 0 Å². The summed E-state index contributed by atoms with van der Waals surface area (Å²) >= 11 is -0.826. The molecule has 3 aromatic rings. The average Bonchev–Trinajstić information content (AvgIpc) is 3.04. The molecule has 27 heavy (non-hydrogen) atoms. The van der Waals surface area contributed by atoms with Crippen LogP contribution in [0.3, 0.4) is 0 Å². The van der Waals surface area contributed by atoms with Gasteiger partial charge in [-0.3, -0.25) is 0 Å². The van der Waals surface area contributed by atoms with Gasteiger partial charge in [0.15, 0.2) is 0 Å². The van der Waals surface area contributed by atoms with Crippen LogP contribution in [-0.4, -0.2) is 0 Å². The van der Waals surface area contributed by atoms with Crippen molar-refractivity contribution >= 4 is 27.8 Å². The molecule has 0 aliphatic rings. The summed E-state index contributed by atoms with van der Waals surface area (Å²) in [5.41, 5.74) is 7.25. The quantitative estimate of drug-likeness (QED) is 0.321. The maximum absolute atomic E-state index is 4.93. The molecule has 0 saturated heterocycles. The third kappa shape index (κ3) is 5.53. The second-order valence-electron chi connectivity index (χ2n) is 7.61. The van der Waals surface area contributed by atoms with Crippen LogP contribution in [0.1, 0.15) is 69.6 Å². The zero-order chi connectivity index (χ0) is 20.0. The molecule has 3 heteroatoms. The van der Waals surface area contributed by atoms with E-state index in [-0.39, 0.29) is 0 Å². The third-order valence-corrected chi connectivity index (χ3v) is 4.99. The summed E-state index contributed by atoms with van der Waals surface area (Å²) in [6.07, 6.45) is 2.36. The van der Waals surface area contributed by atoms with E-state index in [2.05, 4.69) is 83.1 Å². The summed E-state index contributed by atoms with van der Waals surface area (Å²) in [4.78, 5) is 0. The summed E-state index contributed by atoms with van der Waals surface area (Å²) in [7, 11) is 9.87. The van der Waals surface area contributed by atoms with Crippen molar-refractivity contribution in [1.29, 1.82) is 0 Å². The molecule has 0 unspecified atom stereocenters. The van der Waals surface area contributed by atoms with E-state index < -0.39 is 20.8 Å². The van der Waals surface area contributed by atoms with Crippen molar-refractivity contribution in [2.45, 2.75) is 59.3 Å². The Bertz CT molecular complexity index is 862. The fourth-order valence-corrected chi connectivity index (χ4v) is 3.80. The molecule has 0 nitrogen and oxygen atoms in total. The van der Waals surface area contributed by atoms with Crippen molar-refractivity contribution in [1.82, 2.24) is 0 Å². The SMILES string of the molecule is CCCc1cc2c(-c3ccccc3C(C)C)c(C(C)C)ccc2[cH-]1.[Cl][Zr][Cl]. The molecule has 0 fully saturated rings. The Morgan fingerprint density at radius 2 is 1.56 bits per heavy atom. The van der Waals surface area contributed by atoms with E-state index in [0.29, 0.717) is 11.8 Å². The molecule has 0 aromatic heterocycles. The summed E-state index contributed by atoms with van der Waals surface area (Å²) in [5.74, 6) is 1.05. The van der Waals surface area contributed by atoms with Gasteiger partial charge >= 0.3 is 37.9 Å². The minimum atomic E-state index is -0.826. The number of hydrogen-bond donors (Lipinski definition) is 0. The standard InChI is InChI=1S/C24H29.2ClH.Zr/c1-6-9-18-14-19-12-13-21(17(4)5)24(23(19)15-18)22-11-8-7-10-20(22)16(2)3;;;/h7-8,10-17H,6,9H2,1-5H3;2*1H;/q-1;;;+2/p-2. The molecule has 0 bridgehead atoms. The summed E-state index contributed by atoms with van der Waals surface area (Å²) in [6, 6.07) is 18.4. The number of hydrogen-bond acceptors (Lipinski definition) is 0. The number of fused-ring (bicyclic) bond motifs is 1. The van der Waals surface area contributed by atoms with Crippen molar-refractivity contribution < 1.29 is 20.8 Å². The van der Waals surface area contributed by atoms with Crippen LogP contribution in [0.2, 0.25) is 0 Å². The number of aryl methyl sites for hydroxylation is 1. The van der Waals surface area contributed by atoms with Crippen LogP contribution in [-0.2, 0) is 27.3 Å². The Hall–Kier alpha value is -0.487. The number of halogens is 2. The molecule has 0 aliphatic carbocycles. The van der Waals surface area contributed by atoms with E-state index in [0.717, 1.165) is 6.42 Å². The molecule has 0 heterocycles. The first-order valence-corrected chi connectivity index (χ1v) is 16.0. The summed E-state index contributed by atoms with van der Waals surface area (Å²) in [6.45, 7) is 11.5. The molecule has 0 saturated carbocycles. The minimum absolute atomic E-state index is 0.522. The van der Waals surface area contributed by atoms with E-state index in [4.69, 9.17) is 17.0 Å². The Morgan fingerprint density at radius 1 is 0.926 bits per heavy atom. The summed E-state index contributed by atoms with van der Waals surface area (Å²) in [5, 5.41) is 2.81. The second kappa shape index (κ2) is 10.9. The van der Waals surface area contributed by atoms with Crippen LogP contribution < -0.4 is 0 Å². The zero-order valence-corrected chi connectivity index (χ0v) is 20.9. The van der Waals surface area contributed by atoms with Gasteiger partial charge in [0, 0.05) is 0 Å². The Balaban J connectivity index is 0.000000817. The van der Waals surface area contributed by atoms with Crippen molar-refractivity contribution in [2.75, 3.05) is 0 Å². The first kappa shape index (κ1) is 22.8. The zero-order valence-electron chi connectivity index (χ0n) is 16.9. The fourth-order valence-electron chi connectivity index (χ4n) is 3.80. The molecular formula is C24H29Cl2Zr-. The normalized spacial score (nSPS) is 11.0. The topological polar surface area (TPSA) is 0 Å². The Kier molecular flexibility index (Phi) is 9.20. The van der Waals surface area contributed by atoms with Crippen LogP contribution >= 0.6 is 17.0 Å². The van der Waals surface area contributed by atoms with E-state index in [1.54, 1.807) is 0 Å². The van der Waals surface area contributed by atoms with Gasteiger partial charge in [0.1, 0.15) is 0 Å². The predicted molar refractivity (Wildman–Crippen MR) is 119 cm³/mol. The fraction of sp³-hybridized carbons (Fsp3) is 0.375. The van der Waals surface area contributed by atoms with Crippen LogP contribution in [0, 0.1) is 0 Å². The molecular weight excluding hydrogens is 450 g/mol. The van der Waals surface area contributed by atoms with Crippen LogP contribution in [0.5, 0.6) is 0 Å². The molecule has 0 atom stereocenters. The first-order valence-electron chi connectivity index (χ1n) is 9.72. The van der Waals surface area contributed by atoms with Crippen molar-refractivity contribution in [3.63, 3.8) is 0 Å². The molecule has 0 spiro atoms. The van der Waals surface area contributed by atoms with E-state index in [1.807, 2.05) is 0 Å². The van der Waals surface area contributed by atoms with E-state index in [9.17, 15) is 0 Å². The number of benzene rings is 2. The van der Waals surface area contributed by atoms with Crippen molar-refractivity contribution in [2.24, 2.45) is 0 Å². The van der Waals surface area contributed by atoms with E-state index >= 15 is 0 Å². The van der Waals surface area contributed by atoms with Crippen LogP contribution in [0.15, 0.2) is 48.5 Å². The number of rotatable bonds is 5. The molecule has 0 radical (unpaired) electrons. The predicted octanol–water partition coefficient (Wildman–Crippen LogP) is 8.80. The molecule has 0 N–H and O–H groups in total. The Labute approximate surface area is 183 Å². The van der Waals surface area contributed by atoms with Gasteiger partial charge in [-0.1, -0.05) is 76.4 Å². The average molecular weight is 480 g/mol. The van der Waals surface area contributed by atoms with E-state index in [1.165, 1.54) is 45.0 Å². The van der Waals surface area contributed by atoms with Gasteiger partial charge in [-0.25, -0.2) is 0 Å². The Morgan fingerprint density at radius 3 is 2.15 bits per heavy atom. The molecule has 0 amide bonds. The van der Waals surface area contributed by atoms with Crippen molar-refractivity contribution in [3.8, 4) is 11.1 Å². The molecule has 3 rings (SSSR count). The van der Waals surface area contributed by atoms with Crippen molar-refractivity contribution in [3.05, 3.63) is 65.2 Å². The second-order valence-corrected chi connectivity index (χ2v) is 11.3. The maximum atomic E-state index is 4.93. The van der Waals surface area contributed by atoms with Gasteiger partial charge in [0.05, 0.1) is 0 Å². The van der Waals surface area contributed by atoms with Gasteiger partial charge in [-0.05, 0) is 29.4 Å². The molecule has 144 valence electrons. The van der Waals surface area contributed by atoms with Gasteiger partial charge in [0.2, 0.25) is 0 Å². The molecule has 3 aromatic carbocycles. The third-order valence-electron chi connectivity index (χ3n) is 4.99. The first-order chi connectivity index (χ1) is 12.9. The van der Waals surface area contributed by atoms with Crippen LogP contribution in [0.4, 0.5) is 0 Å². The van der Waals surface area contributed by atoms with Gasteiger partial charge < -0.3 is 0 Å². The van der Waals surface area contributed by atoms with Crippen LogP contribution in [0.25, 0.3) is 21.9 Å².